The smallest absolute Gasteiger partial charge is 0.115 e. The van der Waals surface area contributed by atoms with E-state index in [1.165, 1.54) is 29.5 Å². The van der Waals surface area contributed by atoms with Crippen LogP contribution in [0.15, 0.2) is 42.5 Å². The predicted molar refractivity (Wildman–Crippen MR) is 76.9 cm³/mol. The van der Waals surface area contributed by atoms with Crippen molar-refractivity contribution in [1.82, 2.24) is 0 Å². The van der Waals surface area contributed by atoms with Crippen molar-refractivity contribution in [1.29, 1.82) is 0 Å². The Morgan fingerprint density at radius 1 is 1.00 bits per heavy atom. The fraction of sp³-hybridized carbons (Fsp3) is 0.294. The molecule has 0 saturated carbocycles. The molecule has 0 amide bonds. The zero-order valence-electron chi connectivity index (χ0n) is 11.1. The van der Waals surface area contributed by atoms with E-state index in [0.717, 1.165) is 12.0 Å². The van der Waals surface area contributed by atoms with Crippen molar-refractivity contribution in [2.75, 3.05) is 0 Å². The number of phenols is 1. The second-order valence-electron chi connectivity index (χ2n) is 4.76. The average molecular weight is 240 g/mol. The quantitative estimate of drug-likeness (QED) is 0.820. The van der Waals surface area contributed by atoms with Gasteiger partial charge in [0.2, 0.25) is 0 Å². The third kappa shape index (κ3) is 2.73. The van der Waals surface area contributed by atoms with Crippen LogP contribution in [0.3, 0.4) is 0 Å². The molecule has 2 aromatic rings. The van der Waals surface area contributed by atoms with Gasteiger partial charge in [-0.3, -0.25) is 0 Å². The van der Waals surface area contributed by atoms with Gasteiger partial charge in [-0.1, -0.05) is 43.7 Å². The van der Waals surface area contributed by atoms with Gasteiger partial charge in [0.1, 0.15) is 5.75 Å². The molecule has 0 aromatic heterocycles. The fourth-order valence-electron chi connectivity index (χ4n) is 2.32. The number of benzene rings is 2. The predicted octanol–water partition coefficient (Wildman–Crippen LogP) is 4.71. The second-order valence-corrected chi connectivity index (χ2v) is 4.76. The van der Waals surface area contributed by atoms with Crippen molar-refractivity contribution in [2.45, 2.75) is 33.1 Å². The minimum absolute atomic E-state index is 0.335. The van der Waals surface area contributed by atoms with Crippen LogP contribution in [0.25, 0.3) is 11.1 Å². The van der Waals surface area contributed by atoms with Gasteiger partial charge >= 0.3 is 0 Å². The monoisotopic (exact) mass is 240 g/mol. The molecule has 0 fully saturated rings. The molecule has 18 heavy (non-hydrogen) atoms. The first-order chi connectivity index (χ1) is 8.72. The number of hydrogen-bond acceptors (Lipinski definition) is 1. The van der Waals surface area contributed by atoms with Gasteiger partial charge < -0.3 is 5.11 Å². The van der Waals surface area contributed by atoms with Gasteiger partial charge in [-0.2, -0.15) is 0 Å². The lowest BCUT2D eigenvalue weighted by Gasteiger charge is -2.12. The summed E-state index contributed by atoms with van der Waals surface area (Å²) in [6.45, 7) is 4.26. The lowest BCUT2D eigenvalue weighted by atomic mass is 9.93. The van der Waals surface area contributed by atoms with Crippen LogP contribution in [0.4, 0.5) is 0 Å². The maximum atomic E-state index is 9.50. The Kier molecular flexibility index (Phi) is 4.03. The van der Waals surface area contributed by atoms with Crippen LogP contribution >= 0.6 is 0 Å². The van der Waals surface area contributed by atoms with Crippen molar-refractivity contribution >= 4 is 0 Å². The number of rotatable bonds is 4. The Labute approximate surface area is 109 Å². The summed E-state index contributed by atoms with van der Waals surface area (Å²) < 4.78 is 0. The molecule has 0 unspecified atom stereocenters. The van der Waals surface area contributed by atoms with Gasteiger partial charge in [0.25, 0.3) is 0 Å². The summed E-state index contributed by atoms with van der Waals surface area (Å²) >= 11 is 0. The fourth-order valence-corrected chi connectivity index (χ4v) is 2.32. The molecule has 0 aliphatic heterocycles. The maximum absolute atomic E-state index is 9.50. The minimum Gasteiger partial charge on any atom is -0.508 e. The molecule has 0 saturated heterocycles. The van der Waals surface area contributed by atoms with Crippen LogP contribution in [0.1, 0.15) is 30.9 Å². The number of aryl methyl sites for hydroxylation is 2. The molecule has 1 N–H and O–H groups in total. The van der Waals surface area contributed by atoms with E-state index in [1.54, 1.807) is 6.07 Å². The maximum Gasteiger partial charge on any atom is 0.115 e. The van der Waals surface area contributed by atoms with Crippen LogP contribution < -0.4 is 0 Å². The summed E-state index contributed by atoms with van der Waals surface area (Å²) in [6.07, 6.45) is 3.55. The lowest BCUT2D eigenvalue weighted by Crippen LogP contribution is -1.91. The molecule has 0 atom stereocenters. The second kappa shape index (κ2) is 5.72. The Morgan fingerprint density at radius 2 is 1.78 bits per heavy atom. The summed E-state index contributed by atoms with van der Waals surface area (Å²) in [4.78, 5) is 0. The molecule has 2 rings (SSSR count). The van der Waals surface area contributed by atoms with E-state index in [-0.39, 0.29) is 0 Å². The van der Waals surface area contributed by atoms with Crippen molar-refractivity contribution in [3.63, 3.8) is 0 Å². The molecule has 0 spiro atoms. The highest BCUT2D eigenvalue weighted by Gasteiger charge is 2.07. The topological polar surface area (TPSA) is 20.2 Å². The molecule has 0 bridgehead atoms. The molecule has 1 heteroatoms. The Morgan fingerprint density at radius 3 is 2.50 bits per heavy atom. The average Bonchev–Trinajstić information content (AvgIpc) is 2.37. The first kappa shape index (κ1) is 12.7. The van der Waals surface area contributed by atoms with Gasteiger partial charge in [0.15, 0.2) is 0 Å². The lowest BCUT2D eigenvalue weighted by molar-refractivity contribution is 0.475. The van der Waals surface area contributed by atoms with E-state index in [4.69, 9.17) is 0 Å². The zero-order valence-corrected chi connectivity index (χ0v) is 11.1. The van der Waals surface area contributed by atoms with Crippen molar-refractivity contribution < 1.29 is 5.11 Å². The van der Waals surface area contributed by atoms with E-state index >= 15 is 0 Å². The summed E-state index contributed by atoms with van der Waals surface area (Å²) in [7, 11) is 0. The number of hydrogen-bond donors (Lipinski definition) is 1. The summed E-state index contributed by atoms with van der Waals surface area (Å²) in [5.41, 5.74) is 5.04. The van der Waals surface area contributed by atoms with Crippen LogP contribution in [-0.2, 0) is 6.42 Å². The summed E-state index contributed by atoms with van der Waals surface area (Å²) in [6, 6.07) is 14.2. The third-order valence-corrected chi connectivity index (χ3v) is 3.32. The Bertz CT molecular complexity index is 529. The van der Waals surface area contributed by atoms with Crippen LogP contribution in [0.5, 0.6) is 5.75 Å². The number of unbranched alkanes of at least 4 members (excludes halogenated alkanes) is 1. The highest BCUT2D eigenvalue weighted by molar-refractivity contribution is 5.71. The van der Waals surface area contributed by atoms with Gasteiger partial charge in [-0.15, -0.1) is 0 Å². The first-order valence-corrected chi connectivity index (χ1v) is 6.60. The molecule has 94 valence electrons. The van der Waals surface area contributed by atoms with Gasteiger partial charge in [-0.05, 0) is 54.2 Å². The Hall–Kier alpha value is -1.76. The van der Waals surface area contributed by atoms with E-state index in [0.29, 0.717) is 5.75 Å². The molecule has 0 heterocycles. The summed E-state index contributed by atoms with van der Waals surface area (Å²) in [5, 5.41) is 9.50. The minimum atomic E-state index is 0.335. The molecule has 0 aliphatic rings. The van der Waals surface area contributed by atoms with Crippen LogP contribution in [0, 0.1) is 6.92 Å². The van der Waals surface area contributed by atoms with Gasteiger partial charge in [-0.25, -0.2) is 0 Å². The molecule has 1 nitrogen and oxygen atoms in total. The van der Waals surface area contributed by atoms with E-state index < -0.39 is 0 Å². The van der Waals surface area contributed by atoms with Gasteiger partial charge in [0, 0.05) is 0 Å². The molecule has 0 radical (unpaired) electrons. The Balaban J connectivity index is 2.43. The molecule has 0 aliphatic carbocycles. The number of aromatic hydroxyl groups is 1. The normalized spacial score (nSPS) is 10.6. The SMILES string of the molecule is CCCCc1ccccc1-c1ccc(O)cc1C. The van der Waals surface area contributed by atoms with E-state index in [1.807, 2.05) is 19.1 Å². The number of phenolic OH excluding ortho intramolecular Hbond substituents is 1. The molecule has 2 aromatic carbocycles. The van der Waals surface area contributed by atoms with E-state index in [9.17, 15) is 5.11 Å². The van der Waals surface area contributed by atoms with Crippen LogP contribution in [-0.4, -0.2) is 5.11 Å². The first-order valence-electron chi connectivity index (χ1n) is 6.60. The zero-order chi connectivity index (χ0) is 13.0. The van der Waals surface area contributed by atoms with Crippen molar-refractivity contribution in [3.8, 4) is 16.9 Å². The largest absolute Gasteiger partial charge is 0.508 e. The molecular weight excluding hydrogens is 220 g/mol. The van der Waals surface area contributed by atoms with Gasteiger partial charge in [0.05, 0.1) is 0 Å². The van der Waals surface area contributed by atoms with E-state index in [2.05, 4.69) is 31.2 Å². The highest BCUT2D eigenvalue weighted by atomic mass is 16.3. The van der Waals surface area contributed by atoms with Crippen molar-refractivity contribution in [3.05, 3.63) is 53.6 Å². The standard InChI is InChI=1S/C17H20O/c1-3-4-7-14-8-5-6-9-17(14)16-11-10-15(18)12-13(16)2/h5-6,8-12,18H,3-4,7H2,1-2H3. The third-order valence-electron chi connectivity index (χ3n) is 3.32. The van der Waals surface area contributed by atoms with Crippen molar-refractivity contribution in [2.24, 2.45) is 0 Å². The van der Waals surface area contributed by atoms with Crippen LogP contribution in [0.2, 0.25) is 0 Å². The molecular formula is C17H20O. The summed E-state index contributed by atoms with van der Waals surface area (Å²) in [5.74, 6) is 0.335. The highest BCUT2D eigenvalue weighted by Crippen LogP contribution is 2.29.